The molecule has 1 saturated carbocycles. The van der Waals surface area contributed by atoms with Gasteiger partial charge in [0.15, 0.2) is 5.78 Å². The monoisotopic (exact) mass is 507 g/mol. The largest absolute Gasteiger partial charge is 0.481 e. The number of benzene rings is 1. The van der Waals surface area contributed by atoms with Gasteiger partial charge >= 0.3 is 5.97 Å². The van der Waals surface area contributed by atoms with Crippen LogP contribution in [-0.2, 0) is 23.2 Å². The van der Waals surface area contributed by atoms with E-state index in [0.717, 1.165) is 36.9 Å². The molecule has 1 aromatic carbocycles. The standard InChI is InChI=1S/C28H30ClN3O4/c1-17(11-25(34)35)10-24(33)26-23-13-19(14-30)15-31-28(23)32(2)27(26)20-6-8-22(9-7-20)36-16-18-4-3-5-21(29)12-18/h3-5,12-13,15,17,20,22H,6-11,16H2,1-2H3,(H,34,35)/t17-,20-,22-/m0/s1. The molecule has 36 heavy (non-hydrogen) atoms. The molecule has 4 rings (SSSR count). The molecular formula is C28H30ClN3O4. The number of pyridine rings is 1. The maximum atomic E-state index is 13.5. The van der Waals surface area contributed by atoms with E-state index in [4.69, 9.17) is 21.4 Å². The Kier molecular flexibility index (Phi) is 8.07. The van der Waals surface area contributed by atoms with Crippen molar-refractivity contribution in [3.8, 4) is 6.07 Å². The van der Waals surface area contributed by atoms with Crippen molar-refractivity contribution in [3.63, 3.8) is 0 Å². The lowest BCUT2D eigenvalue weighted by molar-refractivity contribution is -0.137. The van der Waals surface area contributed by atoms with E-state index in [1.165, 1.54) is 6.20 Å². The Morgan fingerprint density at radius 1 is 1.25 bits per heavy atom. The normalized spacial score (nSPS) is 18.6. The quantitative estimate of drug-likeness (QED) is 0.355. The number of rotatable bonds is 9. The second kappa shape index (κ2) is 11.2. The number of hydrogen-bond donors (Lipinski definition) is 1. The molecule has 0 saturated heterocycles. The minimum Gasteiger partial charge on any atom is -0.481 e. The fourth-order valence-corrected chi connectivity index (χ4v) is 5.51. The van der Waals surface area contributed by atoms with Crippen LogP contribution in [0.25, 0.3) is 11.0 Å². The number of nitrogens with zero attached hydrogens (tertiary/aromatic N) is 3. The number of hydrogen-bond acceptors (Lipinski definition) is 5. The third kappa shape index (κ3) is 5.77. The Morgan fingerprint density at radius 2 is 2.00 bits per heavy atom. The second-order valence-corrected chi connectivity index (χ2v) is 10.2. The highest BCUT2D eigenvalue weighted by Crippen LogP contribution is 2.40. The third-order valence-electron chi connectivity index (χ3n) is 6.97. The Bertz CT molecular complexity index is 1320. The SMILES string of the molecule is C[C@H](CC(=O)O)CC(=O)c1c2cc(C#N)cnc2n(C)c1[C@H]1CC[C@H](OCc2cccc(Cl)c2)CC1. The number of aryl methyl sites for hydroxylation is 1. The van der Waals surface area contributed by atoms with Crippen LogP contribution in [0, 0.1) is 17.2 Å². The predicted molar refractivity (Wildman–Crippen MR) is 137 cm³/mol. The summed E-state index contributed by atoms with van der Waals surface area (Å²) in [7, 11) is 1.91. The molecule has 3 aromatic rings. The average Bonchev–Trinajstić information content (AvgIpc) is 3.14. The highest BCUT2D eigenvalue weighted by molar-refractivity contribution is 6.30. The summed E-state index contributed by atoms with van der Waals surface area (Å²) in [6.45, 7) is 2.29. The lowest BCUT2D eigenvalue weighted by Gasteiger charge is -2.30. The fraction of sp³-hybridized carbons (Fsp3) is 0.429. The highest BCUT2D eigenvalue weighted by Gasteiger charge is 2.31. The molecule has 0 spiro atoms. The van der Waals surface area contributed by atoms with Gasteiger partial charge < -0.3 is 14.4 Å². The summed E-state index contributed by atoms with van der Waals surface area (Å²) >= 11 is 6.08. The molecule has 2 heterocycles. The number of carboxylic acid groups (broad SMARTS) is 1. The van der Waals surface area contributed by atoms with Crippen molar-refractivity contribution < 1.29 is 19.4 Å². The molecule has 1 aliphatic carbocycles. The van der Waals surface area contributed by atoms with E-state index >= 15 is 0 Å². The van der Waals surface area contributed by atoms with Crippen LogP contribution in [0.2, 0.25) is 5.02 Å². The van der Waals surface area contributed by atoms with Gasteiger partial charge in [-0.3, -0.25) is 9.59 Å². The Balaban J connectivity index is 1.56. The highest BCUT2D eigenvalue weighted by atomic mass is 35.5. The first kappa shape index (κ1) is 25.9. The van der Waals surface area contributed by atoms with Crippen molar-refractivity contribution in [2.75, 3.05) is 0 Å². The molecule has 0 unspecified atom stereocenters. The first-order valence-corrected chi connectivity index (χ1v) is 12.6. The molecule has 0 amide bonds. The van der Waals surface area contributed by atoms with Crippen LogP contribution in [0.4, 0.5) is 0 Å². The van der Waals surface area contributed by atoms with Gasteiger partial charge in [0.25, 0.3) is 0 Å². The van der Waals surface area contributed by atoms with E-state index in [2.05, 4.69) is 11.1 Å². The third-order valence-corrected chi connectivity index (χ3v) is 7.21. The first-order chi connectivity index (χ1) is 17.3. The summed E-state index contributed by atoms with van der Waals surface area (Å²) in [5.74, 6) is -1.16. The number of aromatic nitrogens is 2. The lowest BCUT2D eigenvalue weighted by atomic mass is 9.82. The van der Waals surface area contributed by atoms with Crippen molar-refractivity contribution in [2.45, 2.75) is 64.1 Å². The Morgan fingerprint density at radius 3 is 2.67 bits per heavy atom. The summed E-state index contributed by atoms with van der Waals surface area (Å²) in [6, 6.07) is 11.5. The summed E-state index contributed by atoms with van der Waals surface area (Å²) in [5, 5.41) is 19.9. The van der Waals surface area contributed by atoms with Gasteiger partial charge in [0.2, 0.25) is 0 Å². The molecule has 2 aromatic heterocycles. The number of aliphatic carboxylic acids is 1. The molecule has 0 radical (unpaired) electrons. The zero-order valence-electron chi connectivity index (χ0n) is 20.5. The minimum atomic E-state index is -0.919. The Labute approximate surface area is 215 Å². The van der Waals surface area contributed by atoms with Gasteiger partial charge in [-0.2, -0.15) is 5.26 Å². The van der Waals surface area contributed by atoms with E-state index in [9.17, 15) is 14.9 Å². The van der Waals surface area contributed by atoms with Crippen molar-refractivity contribution in [1.82, 2.24) is 9.55 Å². The van der Waals surface area contributed by atoms with Gasteiger partial charge in [-0.05, 0) is 55.4 Å². The molecule has 1 aliphatic rings. The zero-order valence-corrected chi connectivity index (χ0v) is 21.3. The number of ether oxygens (including phenoxy) is 1. The van der Waals surface area contributed by atoms with E-state index < -0.39 is 5.97 Å². The van der Waals surface area contributed by atoms with Crippen LogP contribution >= 0.6 is 11.6 Å². The van der Waals surface area contributed by atoms with Crippen LogP contribution in [-0.4, -0.2) is 32.5 Å². The fourth-order valence-electron chi connectivity index (χ4n) is 5.29. The number of ketones is 1. The topological polar surface area (TPSA) is 105 Å². The molecular weight excluding hydrogens is 478 g/mol. The van der Waals surface area contributed by atoms with E-state index in [-0.39, 0.29) is 36.6 Å². The maximum absolute atomic E-state index is 13.5. The van der Waals surface area contributed by atoms with Crippen molar-refractivity contribution in [1.29, 1.82) is 5.26 Å². The summed E-state index contributed by atoms with van der Waals surface area (Å²) in [6.07, 6.45) is 5.18. The number of carbonyl (C=O) groups is 2. The van der Waals surface area contributed by atoms with Gasteiger partial charge in [-0.15, -0.1) is 0 Å². The van der Waals surface area contributed by atoms with E-state index in [0.29, 0.717) is 33.8 Å². The van der Waals surface area contributed by atoms with Crippen LogP contribution in [0.5, 0.6) is 0 Å². The molecule has 8 heteroatoms. The van der Waals surface area contributed by atoms with Crippen molar-refractivity contribution >= 4 is 34.4 Å². The first-order valence-electron chi connectivity index (χ1n) is 12.3. The number of Topliss-reactive ketones (excluding diaryl/α,β-unsaturated/α-hetero) is 1. The van der Waals surface area contributed by atoms with Gasteiger partial charge in [0, 0.05) is 53.7 Å². The maximum Gasteiger partial charge on any atom is 0.303 e. The zero-order chi connectivity index (χ0) is 25.8. The molecule has 1 fully saturated rings. The number of nitriles is 1. The average molecular weight is 508 g/mol. The lowest BCUT2D eigenvalue weighted by Crippen LogP contribution is -2.23. The molecule has 0 bridgehead atoms. The number of carboxylic acids is 1. The molecule has 1 N–H and O–H groups in total. The molecule has 7 nitrogen and oxygen atoms in total. The molecule has 1 atom stereocenters. The van der Waals surface area contributed by atoms with E-state index in [1.807, 2.05) is 35.9 Å². The van der Waals surface area contributed by atoms with Gasteiger partial charge in [-0.1, -0.05) is 30.7 Å². The summed E-state index contributed by atoms with van der Waals surface area (Å²) in [5.41, 5.74) is 3.61. The van der Waals surface area contributed by atoms with Gasteiger partial charge in [0.1, 0.15) is 11.7 Å². The van der Waals surface area contributed by atoms with Crippen molar-refractivity contribution in [2.24, 2.45) is 13.0 Å². The molecule has 188 valence electrons. The van der Waals surface area contributed by atoms with Crippen LogP contribution in [0.3, 0.4) is 0 Å². The molecule has 0 aliphatic heterocycles. The summed E-state index contributed by atoms with van der Waals surface area (Å²) in [4.78, 5) is 29.2. The number of fused-ring (bicyclic) bond motifs is 1. The van der Waals surface area contributed by atoms with Crippen molar-refractivity contribution in [3.05, 3.63) is 63.9 Å². The van der Waals surface area contributed by atoms with Crippen LogP contribution in [0.1, 0.15) is 78.5 Å². The Hall–Kier alpha value is -3.21. The summed E-state index contributed by atoms with van der Waals surface area (Å²) < 4.78 is 8.13. The van der Waals surface area contributed by atoms with Crippen LogP contribution < -0.4 is 0 Å². The van der Waals surface area contributed by atoms with Gasteiger partial charge in [0.05, 0.1) is 18.3 Å². The minimum absolute atomic E-state index is 0.0669. The number of carbonyl (C=O) groups excluding carboxylic acids is 1. The van der Waals surface area contributed by atoms with Crippen LogP contribution in [0.15, 0.2) is 36.5 Å². The predicted octanol–water partition coefficient (Wildman–Crippen LogP) is 6.02. The van der Waals surface area contributed by atoms with Gasteiger partial charge in [-0.25, -0.2) is 4.98 Å². The second-order valence-electron chi connectivity index (χ2n) is 9.77. The smallest absolute Gasteiger partial charge is 0.303 e. The van der Waals surface area contributed by atoms with E-state index in [1.54, 1.807) is 13.0 Å². The number of halogens is 1.